The van der Waals surface area contributed by atoms with Crippen LogP contribution in [-0.2, 0) is 26.9 Å². The largest absolute Gasteiger partial charge is 0.455 e. The Morgan fingerprint density at radius 3 is 2.63 bits per heavy atom. The molecule has 3 aromatic rings. The maximum absolute atomic E-state index is 13.0. The van der Waals surface area contributed by atoms with E-state index in [2.05, 4.69) is 4.98 Å². The number of rotatable bonds is 6. The maximum Gasteiger partial charge on any atom is 0.338 e. The Labute approximate surface area is 155 Å². The summed E-state index contributed by atoms with van der Waals surface area (Å²) in [5.74, 6) is -0.830. The second-order valence-corrected chi connectivity index (χ2v) is 8.14. The fourth-order valence-corrected chi connectivity index (χ4v) is 3.20. The Bertz CT molecular complexity index is 1060. The summed E-state index contributed by atoms with van der Waals surface area (Å²) in [7, 11) is -3.20. The quantitative estimate of drug-likeness (QED) is 0.601. The van der Waals surface area contributed by atoms with Gasteiger partial charge in [-0.3, -0.25) is 0 Å². The van der Waals surface area contributed by atoms with Gasteiger partial charge in [0.15, 0.2) is 9.84 Å². The minimum atomic E-state index is -3.20. The highest BCUT2D eigenvalue weighted by Crippen LogP contribution is 2.19. The third kappa shape index (κ3) is 5.24. The SMILES string of the molecule is CS(=O)(=O)Cc1cccc(C(=O)OCc2coc(-c3ccc(F)cc3)n2)c1. The summed E-state index contributed by atoms with van der Waals surface area (Å²) in [6.45, 7) is -0.111. The van der Waals surface area contributed by atoms with Gasteiger partial charge < -0.3 is 9.15 Å². The first kappa shape index (κ1) is 18.8. The van der Waals surface area contributed by atoms with Crippen molar-refractivity contribution in [1.29, 1.82) is 0 Å². The first-order valence-electron chi connectivity index (χ1n) is 7.94. The van der Waals surface area contributed by atoms with E-state index in [1.807, 2.05) is 0 Å². The van der Waals surface area contributed by atoms with Crippen molar-refractivity contribution in [2.24, 2.45) is 0 Å². The lowest BCUT2D eigenvalue weighted by Gasteiger charge is -2.05. The van der Waals surface area contributed by atoms with E-state index in [0.29, 0.717) is 16.8 Å². The normalized spacial score (nSPS) is 11.3. The van der Waals surface area contributed by atoms with E-state index in [9.17, 15) is 17.6 Å². The number of carbonyl (C=O) groups is 1. The lowest BCUT2D eigenvalue weighted by Crippen LogP contribution is -2.07. The molecule has 8 heteroatoms. The molecule has 0 bridgehead atoms. The van der Waals surface area contributed by atoms with E-state index >= 15 is 0 Å². The van der Waals surface area contributed by atoms with Crippen molar-refractivity contribution < 1.29 is 26.8 Å². The van der Waals surface area contributed by atoms with Crippen LogP contribution < -0.4 is 0 Å². The van der Waals surface area contributed by atoms with Gasteiger partial charge in [-0.2, -0.15) is 0 Å². The van der Waals surface area contributed by atoms with Crippen LogP contribution in [0.4, 0.5) is 4.39 Å². The molecule has 0 aliphatic rings. The molecule has 1 heterocycles. The minimum Gasteiger partial charge on any atom is -0.455 e. The zero-order valence-electron chi connectivity index (χ0n) is 14.4. The highest BCUT2D eigenvalue weighted by atomic mass is 32.2. The second kappa shape index (κ2) is 7.71. The van der Waals surface area contributed by atoms with Crippen LogP contribution in [0.25, 0.3) is 11.5 Å². The van der Waals surface area contributed by atoms with Gasteiger partial charge in [-0.1, -0.05) is 12.1 Å². The summed E-state index contributed by atoms with van der Waals surface area (Å²) in [5.41, 5.74) is 1.75. The van der Waals surface area contributed by atoms with Gasteiger partial charge in [-0.15, -0.1) is 0 Å². The number of halogens is 1. The van der Waals surface area contributed by atoms with E-state index in [-0.39, 0.29) is 29.6 Å². The first-order valence-corrected chi connectivity index (χ1v) is 10.0. The highest BCUT2D eigenvalue weighted by molar-refractivity contribution is 7.89. The van der Waals surface area contributed by atoms with Gasteiger partial charge in [0, 0.05) is 11.8 Å². The average molecular weight is 389 g/mol. The maximum atomic E-state index is 13.0. The molecule has 0 saturated carbocycles. The predicted octanol–water partition coefficient (Wildman–Crippen LogP) is 3.38. The van der Waals surface area contributed by atoms with E-state index < -0.39 is 15.8 Å². The fraction of sp³-hybridized carbons (Fsp3) is 0.158. The molecule has 0 N–H and O–H groups in total. The van der Waals surface area contributed by atoms with Crippen LogP contribution in [0, 0.1) is 5.82 Å². The van der Waals surface area contributed by atoms with Crippen molar-refractivity contribution in [1.82, 2.24) is 4.98 Å². The lowest BCUT2D eigenvalue weighted by atomic mass is 10.1. The van der Waals surface area contributed by atoms with Gasteiger partial charge in [-0.25, -0.2) is 22.6 Å². The summed E-state index contributed by atoms with van der Waals surface area (Å²) < 4.78 is 46.2. The summed E-state index contributed by atoms with van der Waals surface area (Å²) in [6, 6.07) is 11.9. The second-order valence-electron chi connectivity index (χ2n) is 6.00. The van der Waals surface area contributed by atoms with Crippen LogP contribution in [0.3, 0.4) is 0 Å². The molecular weight excluding hydrogens is 373 g/mol. The predicted molar refractivity (Wildman–Crippen MR) is 96.0 cm³/mol. The Hall–Kier alpha value is -3.00. The minimum absolute atomic E-state index is 0.111. The van der Waals surface area contributed by atoms with Crippen molar-refractivity contribution in [2.75, 3.05) is 6.26 Å². The molecule has 140 valence electrons. The van der Waals surface area contributed by atoms with E-state index in [4.69, 9.17) is 9.15 Å². The molecule has 27 heavy (non-hydrogen) atoms. The molecule has 0 fully saturated rings. The number of oxazole rings is 1. The van der Waals surface area contributed by atoms with Crippen molar-refractivity contribution in [3.63, 3.8) is 0 Å². The van der Waals surface area contributed by atoms with Crippen molar-refractivity contribution in [3.05, 3.63) is 77.4 Å². The number of esters is 1. The van der Waals surface area contributed by atoms with Gasteiger partial charge in [-0.05, 0) is 42.0 Å². The van der Waals surface area contributed by atoms with Gasteiger partial charge in [0.25, 0.3) is 0 Å². The van der Waals surface area contributed by atoms with Crippen molar-refractivity contribution in [3.8, 4) is 11.5 Å². The molecule has 0 saturated heterocycles. The number of sulfone groups is 1. The number of hydrogen-bond acceptors (Lipinski definition) is 6. The molecule has 2 aromatic carbocycles. The lowest BCUT2D eigenvalue weighted by molar-refractivity contribution is 0.0467. The molecular formula is C19H16FNO5S. The van der Waals surface area contributed by atoms with Crippen LogP contribution in [0.5, 0.6) is 0 Å². The molecule has 0 amide bonds. The Kier molecular flexibility index (Phi) is 5.36. The zero-order chi connectivity index (χ0) is 19.4. The number of benzene rings is 2. The molecule has 0 aliphatic carbocycles. The summed E-state index contributed by atoms with van der Waals surface area (Å²) in [6.07, 6.45) is 2.48. The Morgan fingerprint density at radius 2 is 1.93 bits per heavy atom. The third-order valence-electron chi connectivity index (χ3n) is 3.59. The average Bonchev–Trinajstić information content (AvgIpc) is 3.08. The Morgan fingerprint density at radius 1 is 1.19 bits per heavy atom. The topological polar surface area (TPSA) is 86.5 Å². The summed E-state index contributed by atoms with van der Waals surface area (Å²) >= 11 is 0. The van der Waals surface area contributed by atoms with Gasteiger partial charge in [0.1, 0.15) is 24.4 Å². The van der Waals surface area contributed by atoms with Crippen molar-refractivity contribution in [2.45, 2.75) is 12.4 Å². The molecule has 0 radical (unpaired) electrons. The fourth-order valence-electron chi connectivity index (χ4n) is 2.41. The van der Waals surface area contributed by atoms with Crippen LogP contribution in [0.2, 0.25) is 0 Å². The number of ether oxygens (including phenoxy) is 1. The molecule has 0 aliphatic heterocycles. The molecule has 0 unspecified atom stereocenters. The molecule has 1 aromatic heterocycles. The number of hydrogen-bond donors (Lipinski definition) is 0. The smallest absolute Gasteiger partial charge is 0.338 e. The van der Waals surface area contributed by atoms with Crippen LogP contribution in [0.1, 0.15) is 21.6 Å². The van der Waals surface area contributed by atoms with Crippen LogP contribution in [0.15, 0.2) is 59.2 Å². The summed E-state index contributed by atoms with van der Waals surface area (Å²) in [4.78, 5) is 16.4. The van der Waals surface area contributed by atoms with Crippen molar-refractivity contribution >= 4 is 15.8 Å². The standard InChI is InChI=1S/C19H16FNO5S/c1-27(23,24)12-13-3-2-4-15(9-13)19(22)26-11-17-10-25-18(21-17)14-5-7-16(20)8-6-14/h2-10H,11-12H2,1H3. The Balaban J connectivity index is 1.64. The van der Waals surface area contributed by atoms with E-state index in [0.717, 1.165) is 6.26 Å². The van der Waals surface area contributed by atoms with Crippen LogP contribution >= 0.6 is 0 Å². The molecule has 0 atom stereocenters. The number of carbonyl (C=O) groups excluding carboxylic acids is 1. The summed E-state index contributed by atoms with van der Waals surface area (Å²) in [5, 5.41) is 0. The van der Waals surface area contributed by atoms with Crippen LogP contribution in [-0.4, -0.2) is 25.6 Å². The van der Waals surface area contributed by atoms with Gasteiger partial charge in [0.2, 0.25) is 5.89 Å². The zero-order valence-corrected chi connectivity index (χ0v) is 15.2. The van der Waals surface area contributed by atoms with E-state index in [1.54, 1.807) is 18.2 Å². The van der Waals surface area contributed by atoms with Gasteiger partial charge in [0.05, 0.1) is 11.3 Å². The molecule has 6 nitrogen and oxygen atoms in total. The molecule has 0 spiro atoms. The molecule has 3 rings (SSSR count). The monoisotopic (exact) mass is 389 g/mol. The highest BCUT2D eigenvalue weighted by Gasteiger charge is 2.13. The van der Waals surface area contributed by atoms with E-state index in [1.165, 1.54) is 36.6 Å². The first-order chi connectivity index (χ1) is 12.8. The number of aromatic nitrogens is 1. The number of nitrogens with zero attached hydrogens (tertiary/aromatic N) is 1. The third-order valence-corrected chi connectivity index (χ3v) is 4.44. The van der Waals surface area contributed by atoms with Gasteiger partial charge >= 0.3 is 5.97 Å².